The number of benzene rings is 8. The fourth-order valence-electron chi connectivity index (χ4n) is 9.31. The summed E-state index contributed by atoms with van der Waals surface area (Å²) >= 11 is 1.82. The molecule has 6 heteroatoms. The summed E-state index contributed by atoms with van der Waals surface area (Å²) in [7, 11) is 0. The molecule has 8 aromatic carbocycles. The molecular weight excluding hydrogens is 743 g/mol. The Morgan fingerprint density at radius 1 is 0.492 bits per heavy atom. The van der Waals surface area contributed by atoms with Gasteiger partial charge in [0, 0.05) is 64.3 Å². The number of aromatic nitrogens is 3. The number of fused-ring (bicyclic) bond motifs is 12. The Kier molecular flexibility index (Phi) is 6.94. The molecule has 1 aliphatic carbocycles. The summed E-state index contributed by atoms with van der Waals surface area (Å²) in [6.07, 6.45) is 5.30. The van der Waals surface area contributed by atoms with E-state index in [0.717, 1.165) is 78.4 Å². The van der Waals surface area contributed by atoms with Crippen LogP contribution in [0.5, 0.6) is 0 Å². The van der Waals surface area contributed by atoms with Crippen LogP contribution in [0.15, 0.2) is 173 Å². The van der Waals surface area contributed by atoms with Crippen molar-refractivity contribution in [3.63, 3.8) is 0 Å². The van der Waals surface area contributed by atoms with Crippen molar-refractivity contribution in [1.29, 1.82) is 0 Å². The normalized spacial score (nSPS) is 14.1. The molecular formula is C53H31N3O2S. The predicted molar refractivity (Wildman–Crippen MR) is 243 cm³/mol. The summed E-state index contributed by atoms with van der Waals surface area (Å²) in [6, 6.07) is 55.4. The zero-order valence-electron chi connectivity index (χ0n) is 31.5. The monoisotopic (exact) mass is 773 g/mol. The van der Waals surface area contributed by atoms with Crippen LogP contribution in [-0.2, 0) is 6.42 Å². The van der Waals surface area contributed by atoms with E-state index < -0.39 is 0 Å². The topological polar surface area (TPSA) is 65.0 Å². The summed E-state index contributed by atoms with van der Waals surface area (Å²) in [5.41, 5.74) is 9.88. The van der Waals surface area contributed by atoms with Gasteiger partial charge in [-0.05, 0) is 88.5 Å². The van der Waals surface area contributed by atoms with E-state index in [0.29, 0.717) is 11.6 Å². The molecule has 0 saturated heterocycles. The maximum absolute atomic E-state index is 6.86. The van der Waals surface area contributed by atoms with Gasteiger partial charge in [-0.3, -0.25) is 0 Å². The van der Waals surface area contributed by atoms with E-state index >= 15 is 0 Å². The molecule has 276 valence electrons. The van der Waals surface area contributed by atoms with Crippen molar-refractivity contribution in [3.8, 4) is 33.9 Å². The van der Waals surface area contributed by atoms with Crippen LogP contribution in [0.25, 0.3) is 115 Å². The van der Waals surface area contributed by atoms with Crippen LogP contribution in [0.3, 0.4) is 0 Å². The average molecular weight is 774 g/mol. The van der Waals surface area contributed by atoms with Crippen LogP contribution < -0.4 is 0 Å². The fourth-order valence-corrected chi connectivity index (χ4v) is 10.4. The van der Waals surface area contributed by atoms with E-state index in [1.54, 1.807) is 0 Å². The van der Waals surface area contributed by atoms with Gasteiger partial charge in [0.2, 0.25) is 0 Å². The van der Waals surface area contributed by atoms with Crippen LogP contribution in [0.2, 0.25) is 0 Å². The summed E-state index contributed by atoms with van der Waals surface area (Å²) < 4.78 is 15.6. The van der Waals surface area contributed by atoms with Gasteiger partial charge in [0.05, 0.1) is 0 Å². The second-order valence-corrected chi connectivity index (χ2v) is 16.5. The first-order valence-corrected chi connectivity index (χ1v) is 20.8. The molecule has 0 fully saturated rings. The molecule has 5 nitrogen and oxygen atoms in total. The van der Waals surface area contributed by atoms with Crippen LogP contribution in [0.1, 0.15) is 22.9 Å². The highest BCUT2D eigenvalue weighted by Gasteiger charge is 2.25. The maximum atomic E-state index is 6.86. The Morgan fingerprint density at radius 2 is 1.22 bits per heavy atom. The highest BCUT2D eigenvalue weighted by Crippen LogP contribution is 2.46. The number of rotatable bonds is 4. The van der Waals surface area contributed by atoms with Gasteiger partial charge in [0.25, 0.3) is 0 Å². The lowest BCUT2D eigenvalue weighted by atomic mass is 9.86. The Balaban J connectivity index is 1.05. The summed E-state index contributed by atoms with van der Waals surface area (Å²) in [6.45, 7) is 0. The van der Waals surface area contributed by atoms with Crippen LogP contribution in [-0.4, -0.2) is 15.0 Å². The number of hydrogen-bond donors (Lipinski definition) is 0. The summed E-state index contributed by atoms with van der Waals surface area (Å²) in [5.74, 6) is 1.91. The smallest absolute Gasteiger partial charge is 0.164 e. The lowest BCUT2D eigenvalue weighted by molar-refractivity contribution is 0.669. The van der Waals surface area contributed by atoms with E-state index in [1.807, 2.05) is 47.7 Å². The second kappa shape index (κ2) is 12.5. The number of furan rings is 2. The van der Waals surface area contributed by atoms with E-state index in [2.05, 4.69) is 133 Å². The number of hydrogen-bond acceptors (Lipinski definition) is 6. The van der Waals surface area contributed by atoms with E-state index in [9.17, 15) is 0 Å². The maximum Gasteiger partial charge on any atom is 0.164 e. The molecule has 13 rings (SSSR count). The van der Waals surface area contributed by atoms with Crippen molar-refractivity contribution >= 4 is 92.2 Å². The minimum atomic E-state index is -0.0528. The Hall–Kier alpha value is -7.41. The van der Waals surface area contributed by atoms with Gasteiger partial charge in [-0.15, -0.1) is 11.3 Å². The average Bonchev–Trinajstić information content (AvgIpc) is 4.00. The third-order valence-electron chi connectivity index (χ3n) is 12.1. The minimum absolute atomic E-state index is 0.0528. The van der Waals surface area contributed by atoms with Gasteiger partial charge < -0.3 is 8.83 Å². The zero-order valence-corrected chi connectivity index (χ0v) is 32.3. The molecule has 59 heavy (non-hydrogen) atoms. The third kappa shape index (κ3) is 5.00. The molecule has 12 aromatic rings. The molecule has 0 radical (unpaired) electrons. The first-order chi connectivity index (χ1) is 29.2. The molecule has 0 saturated carbocycles. The zero-order chi connectivity index (χ0) is 38.6. The Labute approximate surface area is 341 Å². The van der Waals surface area contributed by atoms with Crippen molar-refractivity contribution < 1.29 is 8.83 Å². The number of para-hydroxylation sites is 2. The van der Waals surface area contributed by atoms with Gasteiger partial charge in [0.1, 0.15) is 28.2 Å². The standard InChI is InChI=1S/C53H31N3O2S/c1-2-11-34-30(10-1)20-21-31-28-32(22-24-35(31)34)51-54-52(33-23-27-45-42(29-33)36-12-3-6-16-43(36)57-45)56-53(55-51)41-26-25-38(50-49(41)39-13-4-7-17-44(39)58-50)37-15-9-19-47-48(37)40-14-5-8-18-46(40)59-47/h1-27,29,32H,28H2. The lowest BCUT2D eigenvalue weighted by Crippen LogP contribution is -2.12. The molecule has 0 amide bonds. The van der Waals surface area contributed by atoms with Crippen molar-refractivity contribution in [2.24, 2.45) is 0 Å². The SMILES string of the molecule is C1=CC(c2nc(-c3ccc4oc5ccccc5c4c3)nc(-c3ccc(-c4cccc5sc6ccccc6c45)c4oc5ccccc5c34)n2)Cc2ccc3ccccc3c21. The second-order valence-electron chi connectivity index (χ2n) is 15.4. The van der Waals surface area contributed by atoms with E-state index in [4.69, 9.17) is 23.8 Å². The van der Waals surface area contributed by atoms with Crippen LogP contribution in [0, 0.1) is 0 Å². The molecule has 0 aliphatic heterocycles. The Bertz CT molecular complexity index is 3740. The van der Waals surface area contributed by atoms with Crippen LogP contribution in [0.4, 0.5) is 0 Å². The predicted octanol–water partition coefficient (Wildman–Crippen LogP) is 14.5. The third-order valence-corrected chi connectivity index (χ3v) is 13.2. The quantitative estimate of drug-likeness (QED) is 0.178. The minimum Gasteiger partial charge on any atom is -0.456 e. The van der Waals surface area contributed by atoms with Gasteiger partial charge in [-0.2, -0.15) is 0 Å². The molecule has 0 spiro atoms. The van der Waals surface area contributed by atoms with Crippen molar-refractivity contribution in [2.45, 2.75) is 12.3 Å². The first-order valence-electron chi connectivity index (χ1n) is 19.9. The van der Waals surface area contributed by atoms with Crippen molar-refractivity contribution in [2.75, 3.05) is 0 Å². The van der Waals surface area contributed by atoms with Crippen molar-refractivity contribution in [1.82, 2.24) is 15.0 Å². The first kappa shape index (κ1) is 32.7. The van der Waals surface area contributed by atoms with E-state index in [1.165, 1.54) is 42.1 Å². The molecule has 1 unspecified atom stereocenters. The van der Waals surface area contributed by atoms with Gasteiger partial charge in [0.15, 0.2) is 11.6 Å². The fraction of sp³-hybridized carbons (Fsp3) is 0.0377. The molecule has 0 bridgehead atoms. The largest absolute Gasteiger partial charge is 0.456 e. The molecule has 0 N–H and O–H groups in total. The van der Waals surface area contributed by atoms with Crippen LogP contribution >= 0.6 is 11.3 Å². The summed E-state index contributed by atoms with van der Waals surface area (Å²) in [4.78, 5) is 16.0. The molecule has 4 aromatic heterocycles. The highest BCUT2D eigenvalue weighted by molar-refractivity contribution is 7.25. The van der Waals surface area contributed by atoms with Gasteiger partial charge >= 0.3 is 0 Å². The Morgan fingerprint density at radius 3 is 2.14 bits per heavy atom. The van der Waals surface area contributed by atoms with E-state index in [-0.39, 0.29) is 5.92 Å². The molecule has 1 aliphatic rings. The highest BCUT2D eigenvalue weighted by atomic mass is 32.1. The summed E-state index contributed by atoms with van der Waals surface area (Å²) in [5, 5.41) is 9.10. The number of nitrogens with zero attached hydrogens (tertiary/aromatic N) is 3. The number of thiophene rings is 1. The van der Waals surface area contributed by atoms with Gasteiger partial charge in [-0.1, -0.05) is 115 Å². The van der Waals surface area contributed by atoms with Gasteiger partial charge in [-0.25, -0.2) is 15.0 Å². The molecule has 1 atom stereocenters. The molecule has 4 heterocycles. The van der Waals surface area contributed by atoms with Crippen molar-refractivity contribution in [3.05, 3.63) is 181 Å². The lowest BCUT2D eigenvalue weighted by Gasteiger charge is -2.21. The number of allylic oxidation sites excluding steroid dienone is 1.